The summed E-state index contributed by atoms with van der Waals surface area (Å²) < 4.78 is 31.9. The molecule has 4 rings (SSSR count). The standard InChI is InChI=1S/C29H36FNO5/c1-19-10-11-21(16-31(19)28(33)35-17-20-8-6-5-7-9-20)18-34-26-15-25(30)24(14-23(26)22-12-13-22)27(32)36-29(2,3)4/h5-9,14-15,19,21-22H,10-13,16-18H2,1-4H3/t19-,21?/m1/s1. The quantitative estimate of drug-likeness (QED) is 0.410. The van der Waals surface area contributed by atoms with Crippen molar-refractivity contribution in [1.82, 2.24) is 4.90 Å². The van der Waals surface area contributed by atoms with Gasteiger partial charge in [-0.05, 0) is 76.5 Å². The molecule has 0 bridgehead atoms. The smallest absolute Gasteiger partial charge is 0.410 e. The van der Waals surface area contributed by atoms with Crippen LogP contribution in [0.15, 0.2) is 42.5 Å². The SMILES string of the molecule is C[C@@H]1CCC(COc2cc(F)c(C(=O)OC(C)(C)C)cc2C2CC2)CN1C(=O)OCc1ccccc1. The molecule has 1 amide bonds. The van der Waals surface area contributed by atoms with Crippen LogP contribution < -0.4 is 4.74 Å². The maximum absolute atomic E-state index is 14.9. The minimum Gasteiger partial charge on any atom is -0.493 e. The topological polar surface area (TPSA) is 65.1 Å². The molecule has 0 aromatic heterocycles. The van der Waals surface area contributed by atoms with Gasteiger partial charge in [-0.25, -0.2) is 14.0 Å². The van der Waals surface area contributed by atoms with Crippen LogP contribution in [0.2, 0.25) is 0 Å². The van der Waals surface area contributed by atoms with E-state index in [9.17, 15) is 14.0 Å². The predicted molar refractivity (Wildman–Crippen MR) is 135 cm³/mol. The van der Waals surface area contributed by atoms with E-state index in [0.717, 1.165) is 36.8 Å². The summed E-state index contributed by atoms with van der Waals surface area (Å²) in [7, 11) is 0. The second-order valence-corrected chi connectivity index (χ2v) is 10.9. The predicted octanol–water partition coefficient (Wildman–Crippen LogP) is 6.47. The van der Waals surface area contributed by atoms with E-state index in [-0.39, 0.29) is 36.1 Å². The lowest BCUT2D eigenvalue weighted by Gasteiger charge is -2.37. The van der Waals surface area contributed by atoms with Crippen molar-refractivity contribution in [1.29, 1.82) is 0 Å². The number of carbonyl (C=O) groups excluding carboxylic acids is 2. The van der Waals surface area contributed by atoms with Crippen molar-refractivity contribution in [2.75, 3.05) is 13.2 Å². The Bertz CT molecular complexity index is 1080. The van der Waals surface area contributed by atoms with Crippen LogP contribution >= 0.6 is 0 Å². The van der Waals surface area contributed by atoms with E-state index < -0.39 is 17.4 Å². The van der Waals surface area contributed by atoms with Gasteiger partial charge in [0.2, 0.25) is 0 Å². The second kappa shape index (κ2) is 10.9. The third-order valence-corrected chi connectivity index (χ3v) is 6.63. The molecule has 0 radical (unpaired) electrons. The molecular weight excluding hydrogens is 461 g/mol. The van der Waals surface area contributed by atoms with Crippen LogP contribution in [0.1, 0.15) is 80.8 Å². The van der Waals surface area contributed by atoms with Gasteiger partial charge in [0, 0.05) is 24.6 Å². The molecule has 194 valence electrons. The van der Waals surface area contributed by atoms with Gasteiger partial charge < -0.3 is 19.1 Å². The van der Waals surface area contributed by atoms with Crippen molar-refractivity contribution in [3.05, 3.63) is 65.0 Å². The van der Waals surface area contributed by atoms with Crippen molar-refractivity contribution in [3.8, 4) is 5.75 Å². The van der Waals surface area contributed by atoms with Gasteiger partial charge in [-0.15, -0.1) is 0 Å². The molecule has 0 spiro atoms. The van der Waals surface area contributed by atoms with Crippen LogP contribution in [0.3, 0.4) is 0 Å². The lowest BCUT2D eigenvalue weighted by Crippen LogP contribution is -2.47. The average Bonchev–Trinajstić information content (AvgIpc) is 3.67. The Hall–Kier alpha value is -3.09. The molecule has 6 nitrogen and oxygen atoms in total. The molecule has 1 unspecified atom stereocenters. The normalized spacial score (nSPS) is 20.1. The number of benzene rings is 2. The molecule has 0 N–H and O–H groups in total. The Morgan fingerprint density at radius 3 is 2.44 bits per heavy atom. The molecule has 2 aromatic rings. The van der Waals surface area contributed by atoms with Crippen LogP contribution in [0.4, 0.5) is 9.18 Å². The Labute approximate surface area is 212 Å². The van der Waals surface area contributed by atoms with Gasteiger partial charge in [-0.2, -0.15) is 0 Å². The highest BCUT2D eigenvalue weighted by Gasteiger charge is 2.33. The van der Waals surface area contributed by atoms with Crippen molar-refractivity contribution in [3.63, 3.8) is 0 Å². The zero-order valence-electron chi connectivity index (χ0n) is 21.6. The highest BCUT2D eigenvalue weighted by Crippen LogP contribution is 2.45. The first-order valence-corrected chi connectivity index (χ1v) is 12.8. The molecule has 1 saturated carbocycles. The largest absolute Gasteiger partial charge is 0.493 e. The monoisotopic (exact) mass is 497 g/mol. The molecule has 1 aliphatic heterocycles. The van der Waals surface area contributed by atoms with E-state index in [4.69, 9.17) is 14.2 Å². The van der Waals surface area contributed by atoms with Crippen LogP contribution in [0.25, 0.3) is 0 Å². The first kappa shape index (κ1) is 26.0. The average molecular weight is 498 g/mol. The third kappa shape index (κ3) is 6.77. The van der Waals surface area contributed by atoms with E-state index in [0.29, 0.717) is 18.9 Å². The molecule has 1 aliphatic carbocycles. The molecule has 1 heterocycles. The fourth-order valence-corrected chi connectivity index (χ4v) is 4.48. The van der Waals surface area contributed by atoms with Crippen LogP contribution in [-0.2, 0) is 16.1 Å². The maximum atomic E-state index is 14.9. The Morgan fingerprint density at radius 2 is 1.78 bits per heavy atom. The van der Waals surface area contributed by atoms with Crippen LogP contribution in [0.5, 0.6) is 5.75 Å². The number of carbonyl (C=O) groups is 2. The van der Waals surface area contributed by atoms with Crippen LogP contribution in [-0.4, -0.2) is 41.8 Å². The number of piperidine rings is 1. The van der Waals surface area contributed by atoms with E-state index in [2.05, 4.69) is 0 Å². The number of rotatable bonds is 7. The molecule has 7 heteroatoms. The van der Waals surface area contributed by atoms with Gasteiger partial charge in [-0.3, -0.25) is 0 Å². The van der Waals surface area contributed by atoms with Gasteiger partial charge >= 0.3 is 12.1 Å². The first-order valence-electron chi connectivity index (χ1n) is 12.8. The van der Waals surface area contributed by atoms with Gasteiger partial charge in [0.1, 0.15) is 23.8 Å². The highest BCUT2D eigenvalue weighted by molar-refractivity contribution is 5.90. The molecule has 1 saturated heterocycles. The maximum Gasteiger partial charge on any atom is 0.410 e. The molecule has 2 aromatic carbocycles. The van der Waals surface area contributed by atoms with Crippen molar-refractivity contribution >= 4 is 12.1 Å². The van der Waals surface area contributed by atoms with Crippen molar-refractivity contribution in [2.45, 2.75) is 77.5 Å². The number of nitrogens with zero attached hydrogens (tertiary/aromatic N) is 1. The first-order chi connectivity index (χ1) is 17.1. The summed E-state index contributed by atoms with van der Waals surface area (Å²) in [5.41, 5.74) is 1.03. The molecule has 2 fully saturated rings. The molecule has 36 heavy (non-hydrogen) atoms. The van der Waals surface area contributed by atoms with Gasteiger partial charge in [-0.1, -0.05) is 30.3 Å². The van der Waals surface area contributed by atoms with E-state index in [1.165, 1.54) is 6.07 Å². The summed E-state index contributed by atoms with van der Waals surface area (Å²) in [6.07, 6.45) is 3.38. The van der Waals surface area contributed by atoms with Gasteiger partial charge in [0.25, 0.3) is 0 Å². The Balaban J connectivity index is 1.39. The minimum atomic E-state index is -0.704. The number of hydrogen-bond donors (Lipinski definition) is 0. The number of esters is 1. The highest BCUT2D eigenvalue weighted by atomic mass is 19.1. The summed E-state index contributed by atoms with van der Waals surface area (Å²) in [6.45, 7) is 8.41. The van der Waals surface area contributed by atoms with E-state index in [1.807, 2.05) is 37.3 Å². The number of halogens is 1. The summed E-state index contributed by atoms with van der Waals surface area (Å²) >= 11 is 0. The molecule has 2 aliphatic rings. The van der Waals surface area contributed by atoms with Gasteiger partial charge in [0.15, 0.2) is 0 Å². The lowest BCUT2D eigenvalue weighted by molar-refractivity contribution is 0.00644. The van der Waals surface area contributed by atoms with E-state index >= 15 is 0 Å². The Kier molecular flexibility index (Phi) is 7.86. The second-order valence-electron chi connectivity index (χ2n) is 10.9. The number of ether oxygens (including phenoxy) is 3. The van der Waals surface area contributed by atoms with Crippen molar-refractivity contribution < 1.29 is 28.2 Å². The third-order valence-electron chi connectivity index (χ3n) is 6.63. The van der Waals surface area contributed by atoms with Crippen LogP contribution in [0, 0.1) is 11.7 Å². The fraction of sp³-hybridized carbons (Fsp3) is 0.517. The number of amides is 1. The number of hydrogen-bond acceptors (Lipinski definition) is 5. The zero-order chi connectivity index (χ0) is 25.9. The lowest BCUT2D eigenvalue weighted by atomic mass is 9.94. The minimum absolute atomic E-state index is 0.0574. The zero-order valence-corrected chi connectivity index (χ0v) is 21.6. The van der Waals surface area contributed by atoms with Gasteiger partial charge in [0.05, 0.1) is 12.2 Å². The van der Waals surface area contributed by atoms with Crippen molar-refractivity contribution in [2.24, 2.45) is 5.92 Å². The molecule has 2 atom stereocenters. The fourth-order valence-electron chi connectivity index (χ4n) is 4.48. The summed E-state index contributed by atoms with van der Waals surface area (Å²) in [5.74, 6) is -0.478. The summed E-state index contributed by atoms with van der Waals surface area (Å²) in [5, 5.41) is 0. The Morgan fingerprint density at radius 1 is 1.06 bits per heavy atom. The summed E-state index contributed by atoms with van der Waals surface area (Å²) in [4.78, 5) is 27.0. The number of likely N-dealkylation sites (tertiary alicyclic amines) is 1. The summed E-state index contributed by atoms with van der Waals surface area (Å²) in [6, 6.07) is 12.6. The van der Waals surface area contributed by atoms with E-state index in [1.54, 1.807) is 31.7 Å². The molecular formula is C29H36FNO5.